The number of aryl methyl sites for hydroxylation is 1. The van der Waals surface area contributed by atoms with E-state index in [2.05, 4.69) is 15.3 Å². The fourth-order valence-corrected chi connectivity index (χ4v) is 3.34. The van der Waals surface area contributed by atoms with E-state index in [0.717, 1.165) is 29.7 Å². The number of aromatic nitrogens is 4. The number of para-hydroxylation sites is 1. The third-order valence-corrected chi connectivity index (χ3v) is 4.55. The van der Waals surface area contributed by atoms with Gasteiger partial charge in [0.1, 0.15) is 5.52 Å². The van der Waals surface area contributed by atoms with Gasteiger partial charge in [-0.1, -0.05) is 31.0 Å². The molecule has 0 bridgehead atoms. The first-order chi connectivity index (χ1) is 11.2. The van der Waals surface area contributed by atoms with Crippen LogP contribution in [0.25, 0.3) is 11.2 Å². The summed E-state index contributed by atoms with van der Waals surface area (Å²) in [7, 11) is 1.78. The van der Waals surface area contributed by atoms with Crippen molar-refractivity contribution >= 4 is 22.8 Å². The maximum Gasteiger partial charge on any atom is 0.330 e. The van der Waals surface area contributed by atoms with Crippen molar-refractivity contribution < 1.29 is 0 Å². The number of anilines is 2. The topological polar surface area (TPSA) is 64.7 Å². The first-order valence-corrected chi connectivity index (χ1v) is 8.00. The standard InChI is InChI=1S/C17H19N5O/c1-21-14-11-18-16(19-12-7-3-2-4-8-12)20-15(14)22(17(21)23)13-9-5-6-10-13/h2-4,7-8,11,13H,5-6,9-10H2,1H3,(H,18,19,20). The molecule has 1 fully saturated rings. The third-order valence-electron chi connectivity index (χ3n) is 4.55. The Morgan fingerprint density at radius 3 is 2.65 bits per heavy atom. The molecule has 2 aromatic heterocycles. The van der Waals surface area contributed by atoms with Crippen LogP contribution in [-0.2, 0) is 7.05 Å². The van der Waals surface area contributed by atoms with Crippen LogP contribution in [0, 0.1) is 0 Å². The molecule has 6 heteroatoms. The summed E-state index contributed by atoms with van der Waals surface area (Å²) in [6.45, 7) is 0. The molecule has 1 saturated carbocycles. The Kier molecular flexibility index (Phi) is 3.37. The Hall–Kier alpha value is -2.63. The quantitative estimate of drug-likeness (QED) is 0.808. The molecule has 3 aromatic rings. The van der Waals surface area contributed by atoms with Crippen molar-refractivity contribution in [2.75, 3.05) is 5.32 Å². The van der Waals surface area contributed by atoms with E-state index in [1.165, 1.54) is 12.8 Å². The van der Waals surface area contributed by atoms with Crippen LogP contribution in [-0.4, -0.2) is 19.1 Å². The van der Waals surface area contributed by atoms with Crippen molar-refractivity contribution in [3.8, 4) is 0 Å². The summed E-state index contributed by atoms with van der Waals surface area (Å²) in [5.41, 5.74) is 2.42. The number of rotatable bonds is 3. The average Bonchev–Trinajstić information content (AvgIpc) is 3.17. The van der Waals surface area contributed by atoms with Crippen molar-refractivity contribution in [3.05, 3.63) is 47.0 Å². The summed E-state index contributed by atoms with van der Waals surface area (Å²) in [4.78, 5) is 21.5. The van der Waals surface area contributed by atoms with Crippen molar-refractivity contribution in [1.29, 1.82) is 0 Å². The van der Waals surface area contributed by atoms with Gasteiger partial charge in [0.2, 0.25) is 5.95 Å². The lowest BCUT2D eigenvalue weighted by Crippen LogP contribution is -2.25. The van der Waals surface area contributed by atoms with Crippen LogP contribution in [0.3, 0.4) is 0 Å². The number of fused-ring (bicyclic) bond motifs is 1. The molecule has 0 radical (unpaired) electrons. The zero-order valence-electron chi connectivity index (χ0n) is 13.1. The molecule has 1 aliphatic rings. The molecule has 0 amide bonds. The minimum atomic E-state index is -0.00180. The van der Waals surface area contributed by atoms with Gasteiger partial charge in [0, 0.05) is 18.8 Å². The van der Waals surface area contributed by atoms with E-state index in [9.17, 15) is 4.79 Å². The largest absolute Gasteiger partial charge is 0.330 e. The number of hydrogen-bond acceptors (Lipinski definition) is 4. The number of imidazole rings is 1. The highest BCUT2D eigenvalue weighted by Crippen LogP contribution is 2.30. The van der Waals surface area contributed by atoms with Gasteiger partial charge in [0.05, 0.1) is 6.20 Å². The van der Waals surface area contributed by atoms with Crippen LogP contribution in [0.15, 0.2) is 41.3 Å². The van der Waals surface area contributed by atoms with E-state index in [4.69, 9.17) is 0 Å². The second-order valence-electron chi connectivity index (χ2n) is 6.04. The van der Waals surface area contributed by atoms with Gasteiger partial charge in [-0.25, -0.2) is 9.78 Å². The lowest BCUT2D eigenvalue weighted by atomic mass is 10.2. The highest BCUT2D eigenvalue weighted by atomic mass is 16.1. The molecule has 0 aliphatic heterocycles. The van der Waals surface area contributed by atoms with Gasteiger partial charge in [0.25, 0.3) is 0 Å². The number of nitrogens with one attached hydrogen (secondary N) is 1. The number of nitrogens with zero attached hydrogens (tertiary/aromatic N) is 4. The van der Waals surface area contributed by atoms with E-state index >= 15 is 0 Å². The van der Waals surface area contributed by atoms with Crippen molar-refractivity contribution in [1.82, 2.24) is 19.1 Å². The zero-order valence-corrected chi connectivity index (χ0v) is 13.1. The summed E-state index contributed by atoms with van der Waals surface area (Å²) in [6.07, 6.45) is 6.16. The monoisotopic (exact) mass is 309 g/mol. The van der Waals surface area contributed by atoms with E-state index in [0.29, 0.717) is 5.95 Å². The van der Waals surface area contributed by atoms with E-state index in [1.54, 1.807) is 17.8 Å². The Labute approximate surface area is 133 Å². The molecule has 1 N–H and O–H groups in total. The third kappa shape index (κ3) is 2.40. The van der Waals surface area contributed by atoms with Gasteiger partial charge >= 0.3 is 5.69 Å². The zero-order chi connectivity index (χ0) is 15.8. The predicted molar refractivity (Wildman–Crippen MR) is 90.0 cm³/mol. The van der Waals surface area contributed by atoms with Gasteiger partial charge in [-0.15, -0.1) is 0 Å². The van der Waals surface area contributed by atoms with Gasteiger partial charge in [-0.2, -0.15) is 4.98 Å². The summed E-state index contributed by atoms with van der Waals surface area (Å²) in [6, 6.07) is 10.1. The maximum absolute atomic E-state index is 12.6. The average molecular weight is 309 g/mol. The van der Waals surface area contributed by atoms with Gasteiger partial charge in [-0.3, -0.25) is 9.13 Å². The molecule has 118 valence electrons. The summed E-state index contributed by atoms with van der Waals surface area (Å²) in [5, 5.41) is 3.20. The molecular weight excluding hydrogens is 290 g/mol. The molecule has 1 aliphatic carbocycles. The second kappa shape index (κ2) is 5.53. The summed E-state index contributed by atoms with van der Waals surface area (Å²) in [5.74, 6) is 0.515. The molecule has 2 heterocycles. The molecular formula is C17H19N5O. The minimum Gasteiger partial charge on any atom is -0.324 e. The first-order valence-electron chi connectivity index (χ1n) is 8.00. The fraction of sp³-hybridized carbons (Fsp3) is 0.353. The summed E-state index contributed by atoms with van der Waals surface area (Å²) >= 11 is 0. The molecule has 4 rings (SSSR count). The molecule has 0 atom stereocenters. The lowest BCUT2D eigenvalue weighted by Gasteiger charge is -2.11. The smallest absolute Gasteiger partial charge is 0.324 e. The second-order valence-corrected chi connectivity index (χ2v) is 6.04. The van der Waals surface area contributed by atoms with Crippen LogP contribution in [0.2, 0.25) is 0 Å². The van der Waals surface area contributed by atoms with Crippen molar-refractivity contribution in [2.24, 2.45) is 7.05 Å². The van der Waals surface area contributed by atoms with Gasteiger partial charge < -0.3 is 5.32 Å². The minimum absolute atomic E-state index is 0.00180. The molecule has 0 unspecified atom stereocenters. The highest BCUT2D eigenvalue weighted by molar-refractivity contribution is 5.73. The van der Waals surface area contributed by atoms with Crippen LogP contribution < -0.4 is 11.0 Å². The number of benzene rings is 1. The summed E-state index contributed by atoms with van der Waals surface area (Å²) < 4.78 is 3.49. The van der Waals surface area contributed by atoms with Crippen LogP contribution in [0.5, 0.6) is 0 Å². The predicted octanol–water partition coefficient (Wildman–Crippen LogP) is 2.99. The molecule has 1 aromatic carbocycles. The Bertz CT molecular complexity index is 890. The Morgan fingerprint density at radius 1 is 1.17 bits per heavy atom. The van der Waals surface area contributed by atoms with E-state index < -0.39 is 0 Å². The Morgan fingerprint density at radius 2 is 1.91 bits per heavy atom. The van der Waals surface area contributed by atoms with Crippen molar-refractivity contribution in [3.63, 3.8) is 0 Å². The van der Waals surface area contributed by atoms with Crippen molar-refractivity contribution in [2.45, 2.75) is 31.7 Å². The molecule has 0 spiro atoms. The molecule has 23 heavy (non-hydrogen) atoms. The molecule has 0 saturated heterocycles. The van der Waals surface area contributed by atoms with E-state index in [-0.39, 0.29) is 11.7 Å². The van der Waals surface area contributed by atoms with Gasteiger partial charge in [0.15, 0.2) is 5.65 Å². The van der Waals surface area contributed by atoms with Crippen LogP contribution in [0.4, 0.5) is 11.6 Å². The number of hydrogen-bond donors (Lipinski definition) is 1. The normalized spacial score (nSPS) is 15.3. The Balaban J connectivity index is 1.81. The lowest BCUT2D eigenvalue weighted by molar-refractivity contribution is 0.506. The van der Waals surface area contributed by atoms with Crippen LogP contribution >= 0.6 is 0 Å². The first kappa shape index (κ1) is 14.0. The highest BCUT2D eigenvalue weighted by Gasteiger charge is 2.23. The SMILES string of the molecule is Cn1c(=O)n(C2CCCC2)c2nc(Nc3ccccc3)ncc21. The fourth-order valence-electron chi connectivity index (χ4n) is 3.34. The van der Waals surface area contributed by atoms with E-state index in [1.807, 2.05) is 34.9 Å². The molecule has 6 nitrogen and oxygen atoms in total. The van der Waals surface area contributed by atoms with Gasteiger partial charge in [-0.05, 0) is 25.0 Å². The maximum atomic E-state index is 12.6. The van der Waals surface area contributed by atoms with Crippen LogP contribution in [0.1, 0.15) is 31.7 Å².